The van der Waals surface area contributed by atoms with Crippen LogP contribution in [0.25, 0.3) is 32.8 Å². The van der Waals surface area contributed by atoms with Crippen LogP contribution in [0.3, 0.4) is 0 Å². The summed E-state index contributed by atoms with van der Waals surface area (Å²) in [5.74, 6) is 0. The highest BCUT2D eigenvalue weighted by Gasteiger charge is 2.07. The fourth-order valence-corrected chi connectivity index (χ4v) is 2.88. The van der Waals surface area contributed by atoms with Crippen LogP contribution in [0, 0.1) is 6.92 Å². The molecule has 4 rings (SSSR count). The lowest BCUT2D eigenvalue weighted by atomic mass is 9.98. The summed E-state index contributed by atoms with van der Waals surface area (Å²) < 4.78 is 0. The van der Waals surface area contributed by atoms with E-state index in [-0.39, 0.29) is 0 Å². The highest BCUT2D eigenvalue weighted by Crippen LogP contribution is 2.31. The lowest BCUT2D eigenvalue weighted by molar-refractivity contribution is 1.35. The minimum Gasteiger partial charge on any atom is -0.256 e. The van der Waals surface area contributed by atoms with Gasteiger partial charge in [0.2, 0.25) is 0 Å². The van der Waals surface area contributed by atoms with Crippen molar-refractivity contribution in [2.45, 2.75) is 6.92 Å². The van der Waals surface area contributed by atoms with Crippen LogP contribution in [0.1, 0.15) is 5.56 Å². The molecule has 0 unspecified atom stereocenters. The van der Waals surface area contributed by atoms with E-state index < -0.39 is 0 Å². The van der Waals surface area contributed by atoms with Gasteiger partial charge in [-0.25, -0.2) is 0 Å². The van der Waals surface area contributed by atoms with Crippen LogP contribution in [-0.2, 0) is 0 Å². The molecule has 4 aromatic rings. The van der Waals surface area contributed by atoms with Crippen molar-refractivity contribution in [1.82, 2.24) is 4.98 Å². The molecular weight excluding hydrogens is 254 g/mol. The average Bonchev–Trinajstić information content (AvgIpc) is 2.55. The lowest BCUT2D eigenvalue weighted by Gasteiger charge is -2.09. The van der Waals surface area contributed by atoms with Crippen LogP contribution in [0.2, 0.25) is 0 Å². The van der Waals surface area contributed by atoms with Crippen LogP contribution in [0.5, 0.6) is 0 Å². The molecule has 0 amide bonds. The Morgan fingerprint density at radius 3 is 2.33 bits per heavy atom. The topological polar surface area (TPSA) is 12.9 Å². The Labute approximate surface area is 123 Å². The Morgan fingerprint density at radius 1 is 0.667 bits per heavy atom. The predicted molar refractivity (Wildman–Crippen MR) is 89.4 cm³/mol. The maximum Gasteiger partial charge on any atom is 0.0780 e. The zero-order valence-electron chi connectivity index (χ0n) is 11.9. The second-order valence-corrected chi connectivity index (χ2v) is 5.41. The third-order valence-corrected chi connectivity index (χ3v) is 4.00. The Kier molecular flexibility index (Phi) is 2.71. The van der Waals surface area contributed by atoms with Crippen LogP contribution in [-0.4, -0.2) is 4.98 Å². The van der Waals surface area contributed by atoms with Crippen molar-refractivity contribution in [1.29, 1.82) is 0 Å². The summed E-state index contributed by atoms with van der Waals surface area (Å²) in [5, 5.41) is 5.02. The number of hydrogen-bond acceptors (Lipinski definition) is 1. The molecule has 0 radical (unpaired) electrons. The van der Waals surface area contributed by atoms with Crippen LogP contribution in [0.4, 0.5) is 0 Å². The second-order valence-electron chi connectivity index (χ2n) is 5.41. The van der Waals surface area contributed by atoms with Gasteiger partial charge in [0.15, 0.2) is 0 Å². The van der Waals surface area contributed by atoms with Gasteiger partial charge in [0, 0.05) is 17.1 Å². The fourth-order valence-electron chi connectivity index (χ4n) is 2.88. The van der Waals surface area contributed by atoms with Crippen molar-refractivity contribution in [3.8, 4) is 11.3 Å². The van der Waals surface area contributed by atoms with E-state index in [0.29, 0.717) is 0 Å². The van der Waals surface area contributed by atoms with Gasteiger partial charge in [-0.2, -0.15) is 0 Å². The molecule has 0 bridgehead atoms. The van der Waals surface area contributed by atoms with E-state index >= 15 is 0 Å². The summed E-state index contributed by atoms with van der Waals surface area (Å²) in [6, 6.07) is 23.5. The molecule has 0 saturated heterocycles. The first-order chi connectivity index (χ1) is 10.3. The zero-order valence-corrected chi connectivity index (χ0v) is 11.9. The molecule has 0 fully saturated rings. The van der Waals surface area contributed by atoms with E-state index in [9.17, 15) is 0 Å². The van der Waals surface area contributed by atoms with Gasteiger partial charge in [0.1, 0.15) is 0 Å². The van der Waals surface area contributed by atoms with E-state index in [1.54, 1.807) is 0 Å². The van der Waals surface area contributed by atoms with Gasteiger partial charge in [-0.1, -0.05) is 66.2 Å². The van der Waals surface area contributed by atoms with Gasteiger partial charge < -0.3 is 0 Å². The van der Waals surface area contributed by atoms with Gasteiger partial charge in [-0.15, -0.1) is 0 Å². The highest BCUT2D eigenvalue weighted by atomic mass is 14.7. The first-order valence-corrected chi connectivity index (χ1v) is 7.16. The Balaban J connectivity index is 2.06. The molecule has 3 aromatic carbocycles. The summed E-state index contributed by atoms with van der Waals surface area (Å²) in [5.41, 5.74) is 3.49. The van der Waals surface area contributed by atoms with Crippen molar-refractivity contribution in [2.24, 2.45) is 0 Å². The second kappa shape index (κ2) is 4.71. The smallest absolute Gasteiger partial charge is 0.0780 e. The van der Waals surface area contributed by atoms with Crippen molar-refractivity contribution >= 4 is 21.5 Å². The standard InChI is InChI=1S/C20H15N/c1-14-6-8-16(9-7-14)20-19-11-10-15-4-2-3-5-17(15)18(19)12-13-21-20/h2-13H,1H3. The summed E-state index contributed by atoms with van der Waals surface area (Å²) >= 11 is 0. The summed E-state index contributed by atoms with van der Waals surface area (Å²) in [4.78, 5) is 4.61. The molecule has 0 atom stereocenters. The number of nitrogens with zero attached hydrogens (tertiary/aromatic N) is 1. The van der Waals surface area contributed by atoms with Crippen LogP contribution < -0.4 is 0 Å². The first kappa shape index (κ1) is 12.1. The number of pyridine rings is 1. The molecule has 0 aliphatic heterocycles. The lowest BCUT2D eigenvalue weighted by Crippen LogP contribution is -1.87. The Hall–Kier alpha value is -2.67. The van der Waals surface area contributed by atoms with Crippen molar-refractivity contribution in [3.63, 3.8) is 0 Å². The third kappa shape index (κ3) is 1.98. The number of aromatic nitrogens is 1. The minimum absolute atomic E-state index is 1.05. The molecule has 0 N–H and O–H groups in total. The van der Waals surface area contributed by atoms with Gasteiger partial charge in [0.25, 0.3) is 0 Å². The molecular formula is C20H15N. The predicted octanol–water partition coefficient (Wildman–Crippen LogP) is 5.36. The minimum atomic E-state index is 1.05. The molecule has 1 aromatic heterocycles. The number of benzene rings is 3. The monoisotopic (exact) mass is 269 g/mol. The summed E-state index contributed by atoms with van der Waals surface area (Å²) in [7, 11) is 0. The molecule has 1 heterocycles. The third-order valence-electron chi connectivity index (χ3n) is 4.00. The summed E-state index contributed by atoms with van der Waals surface area (Å²) in [6.07, 6.45) is 1.91. The van der Waals surface area contributed by atoms with Crippen molar-refractivity contribution in [3.05, 3.63) is 78.5 Å². The van der Waals surface area contributed by atoms with E-state index in [2.05, 4.69) is 78.6 Å². The summed E-state index contributed by atoms with van der Waals surface area (Å²) in [6.45, 7) is 2.10. The van der Waals surface area contributed by atoms with Crippen LogP contribution >= 0.6 is 0 Å². The van der Waals surface area contributed by atoms with E-state index in [1.165, 1.54) is 32.7 Å². The van der Waals surface area contributed by atoms with E-state index in [4.69, 9.17) is 0 Å². The molecule has 1 nitrogen and oxygen atoms in total. The Bertz CT molecular complexity index is 937. The molecule has 1 heteroatoms. The quantitative estimate of drug-likeness (QED) is 0.424. The number of fused-ring (bicyclic) bond motifs is 3. The molecule has 100 valence electrons. The fraction of sp³-hybridized carbons (Fsp3) is 0.0500. The zero-order chi connectivity index (χ0) is 14.2. The Morgan fingerprint density at radius 2 is 1.48 bits per heavy atom. The number of hydrogen-bond donors (Lipinski definition) is 0. The van der Waals surface area contributed by atoms with Crippen LogP contribution in [0.15, 0.2) is 72.9 Å². The van der Waals surface area contributed by atoms with Gasteiger partial charge in [0.05, 0.1) is 5.69 Å². The molecule has 21 heavy (non-hydrogen) atoms. The number of rotatable bonds is 1. The maximum atomic E-state index is 4.61. The maximum absolute atomic E-state index is 4.61. The highest BCUT2D eigenvalue weighted by molar-refractivity contribution is 6.11. The van der Waals surface area contributed by atoms with Crippen molar-refractivity contribution in [2.75, 3.05) is 0 Å². The van der Waals surface area contributed by atoms with Gasteiger partial charge >= 0.3 is 0 Å². The first-order valence-electron chi connectivity index (χ1n) is 7.16. The van der Waals surface area contributed by atoms with E-state index in [0.717, 1.165) is 5.69 Å². The normalized spacial score (nSPS) is 11.1. The van der Waals surface area contributed by atoms with Gasteiger partial charge in [-0.05, 0) is 29.1 Å². The largest absolute Gasteiger partial charge is 0.256 e. The molecule has 0 aliphatic carbocycles. The average molecular weight is 269 g/mol. The van der Waals surface area contributed by atoms with Gasteiger partial charge in [-0.3, -0.25) is 4.98 Å². The molecule has 0 aliphatic rings. The number of aryl methyl sites for hydroxylation is 1. The molecule has 0 saturated carbocycles. The SMILES string of the molecule is Cc1ccc(-c2nccc3c2ccc2ccccc23)cc1. The van der Waals surface area contributed by atoms with E-state index in [1.807, 2.05) is 6.20 Å². The van der Waals surface area contributed by atoms with Crippen molar-refractivity contribution < 1.29 is 0 Å². The molecule has 0 spiro atoms.